The number of aromatic nitrogens is 1. The molecule has 0 spiro atoms. The van der Waals surface area contributed by atoms with Crippen LogP contribution < -0.4 is 24.8 Å². The number of rotatable bonds is 10. The van der Waals surface area contributed by atoms with E-state index in [2.05, 4.69) is 28.6 Å². The van der Waals surface area contributed by atoms with Gasteiger partial charge in [-0.05, 0) is 108 Å². The number of esters is 1. The first kappa shape index (κ1) is 33.6. The van der Waals surface area contributed by atoms with Gasteiger partial charge in [0, 0.05) is 24.9 Å². The van der Waals surface area contributed by atoms with E-state index in [0.717, 1.165) is 57.0 Å². The molecule has 0 radical (unpaired) electrons. The largest absolute Gasteiger partial charge is 0.493 e. The molecule has 3 aromatic carbocycles. The van der Waals surface area contributed by atoms with Crippen molar-refractivity contribution in [2.24, 2.45) is 5.92 Å². The Kier molecular flexibility index (Phi) is 10.0. The van der Waals surface area contributed by atoms with Crippen molar-refractivity contribution in [3.63, 3.8) is 0 Å². The molecule has 7 rings (SSSR count). The van der Waals surface area contributed by atoms with Crippen LogP contribution in [0.2, 0.25) is 0 Å². The van der Waals surface area contributed by atoms with Crippen LogP contribution in [0.1, 0.15) is 65.3 Å². The van der Waals surface area contributed by atoms with Crippen molar-refractivity contribution < 1.29 is 28.5 Å². The highest BCUT2D eigenvalue weighted by atomic mass is 16.6. The molecule has 1 fully saturated rings. The van der Waals surface area contributed by atoms with Gasteiger partial charge in [-0.3, -0.25) is 9.78 Å². The smallest absolute Gasteiger partial charge is 0.328 e. The lowest BCUT2D eigenvalue weighted by atomic mass is 9.94. The third-order valence-corrected chi connectivity index (χ3v) is 10.4. The Balaban J connectivity index is 0.976. The number of fused-ring (bicyclic) bond motifs is 2. The summed E-state index contributed by atoms with van der Waals surface area (Å²) < 4.78 is 23.9. The standard InChI is InChI=1S/C41H45N3O6/c1-25-26(2)42-16-15-34(25)29-13-11-27(12-14-29)17-36(41(46)47-3)44-40(45)35-19-31-20-37-38(21-32(31)22-43-35)50-39(24-49-37)30-9-6-10-33(18-30)48-23-28-7-4-5-8-28/h6,9-16,18,20-21,28,35-36,39,43H,4-5,7-8,17,19,22-24H2,1-3H3,(H,44,45)/t35-,36?,39+/m0/s1. The molecule has 4 aromatic rings. The zero-order valence-corrected chi connectivity index (χ0v) is 29.0. The van der Waals surface area contributed by atoms with Crippen LogP contribution in [0.25, 0.3) is 11.1 Å². The fourth-order valence-electron chi connectivity index (χ4n) is 7.24. The Bertz CT molecular complexity index is 1850. The van der Waals surface area contributed by atoms with Gasteiger partial charge in [0.05, 0.1) is 19.8 Å². The number of aryl methyl sites for hydroxylation is 1. The van der Waals surface area contributed by atoms with Crippen molar-refractivity contribution in [3.8, 4) is 28.4 Å². The van der Waals surface area contributed by atoms with Crippen LogP contribution in [-0.2, 0) is 33.7 Å². The van der Waals surface area contributed by atoms with E-state index < -0.39 is 18.1 Å². The number of nitrogens with zero attached hydrogens (tertiary/aromatic N) is 1. The average Bonchev–Trinajstić information content (AvgIpc) is 3.67. The molecule has 3 aliphatic rings. The van der Waals surface area contributed by atoms with Gasteiger partial charge in [0.25, 0.3) is 0 Å². The highest BCUT2D eigenvalue weighted by molar-refractivity contribution is 5.88. The predicted molar refractivity (Wildman–Crippen MR) is 190 cm³/mol. The summed E-state index contributed by atoms with van der Waals surface area (Å²) in [6.45, 7) is 5.68. The molecular formula is C41H45N3O6. The van der Waals surface area contributed by atoms with Crippen LogP contribution in [0.3, 0.4) is 0 Å². The van der Waals surface area contributed by atoms with E-state index in [1.54, 1.807) is 0 Å². The summed E-state index contributed by atoms with van der Waals surface area (Å²) in [5.41, 5.74) is 8.31. The lowest BCUT2D eigenvalue weighted by Gasteiger charge is -2.31. The molecular weight excluding hydrogens is 630 g/mol. The topological polar surface area (TPSA) is 108 Å². The van der Waals surface area contributed by atoms with Crippen molar-refractivity contribution in [2.45, 2.75) is 77.1 Å². The van der Waals surface area contributed by atoms with Crippen LogP contribution >= 0.6 is 0 Å². The first-order valence-corrected chi connectivity index (χ1v) is 17.7. The third-order valence-electron chi connectivity index (χ3n) is 10.4. The van der Waals surface area contributed by atoms with Gasteiger partial charge in [-0.25, -0.2) is 4.79 Å². The maximum atomic E-state index is 13.5. The minimum Gasteiger partial charge on any atom is -0.493 e. The summed E-state index contributed by atoms with van der Waals surface area (Å²) in [6.07, 6.45) is 7.42. The Morgan fingerprint density at radius 2 is 1.80 bits per heavy atom. The van der Waals surface area contributed by atoms with Gasteiger partial charge in [0.2, 0.25) is 5.91 Å². The molecule has 50 heavy (non-hydrogen) atoms. The van der Waals surface area contributed by atoms with E-state index in [-0.39, 0.29) is 12.0 Å². The van der Waals surface area contributed by atoms with Crippen LogP contribution in [0, 0.1) is 19.8 Å². The van der Waals surface area contributed by atoms with Gasteiger partial charge in [-0.15, -0.1) is 0 Å². The molecule has 3 heterocycles. The Morgan fingerprint density at radius 1 is 1.00 bits per heavy atom. The minimum atomic E-state index is -0.824. The summed E-state index contributed by atoms with van der Waals surface area (Å²) in [6, 6.07) is 20.8. The molecule has 260 valence electrons. The fourth-order valence-corrected chi connectivity index (χ4v) is 7.24. The molecule has 1 amide bonds. The van der Waals surface area contributed by atoms with Gasteiger partial charge < -0.3 is 29.6 Å². The Hall–Kier alpha value is -4.89. The molecule has 9 heteroatoms. The molecule has 2 N–H and O–H groups in total. The number of hydrogen-bond donors (Lipinski definition) is 2. The molecule has 9 nitrogen and oxygen atoms in total. The van der Waals surface area contributed by atoms with Gasteiger partial charge >= 0.3 is 5.97 Å². The van der Waals surface area contributed by atoms with E-state index in [1.165, 1.54) is 32.8 Å². The number of ether oxygens (including phenoxy) is 4. The summed E-state index contributed by atoms with van der Waals surface area (Å²) in [7, 11) is 1.34. The summed E-state index contributed by atoms with van der Waals surface area (Å²) in [5.74, 6) is 2.13. The highest BCUT2D eigenvalue weighted by Crippen LogP contribution is 2.40. The van der Waals surface area contributed by atoms with Crippen LogP contribution in [0.15, 0.2) is 72.9 Å². The second kappa shape index (κ2) is 14.9. The van der Waals surface area contributed by atoms with Gasteiger partial charge in [0.1, 0.15) is 18.4 Å². The highest BCUT2D eigenvalue weighted by Gasteiger charge is 2.31. The summed E-state index contributed by atoms with van der Waals surface area (Å²) in [4.78, 5) is 30.7. The van der Waals surface area contributed by atoms with Crippen molar-refractivity contribution in [1.82, 2.24) is 15.6 Å². The van der Waals surface area contributed by atoms with E-state index in [0.29, 0.717) is 43.4 Å². The molecule has 2 aliphatic heterocycles. The lowest BCUT2D eigenvalue weighted by molar-refractivity contribution is -0.145. The number of nitrogens with one attached hydrogen (secondary N) is 2. The number of hydrogen-bond acceptors (Lipinski definition) is 8. The second-order valence-corrected chi connectivity index (χ2v) is 13.7. The predicted octanol–water partition coefficient (Wildman–Crippen LogP) is 6.36. The average molecular weight is 676 g/mol. The fraction of sp³-hybridized carbons (Fsp3) is 0.390. The third kappa shape index (κ3) is 7.48. The number of carbonyl (C=O) groups is 2. The molecule has 0 bridgehead atoms. The Labute approximate surface area is 293 Å². The minimum absolute atomic E-state index is 0.249. The first-order valence-electron chi connectivity index (χ1n) is 17.7. The normalized spacial score (nSPS) is 18.9. The molecule has 1 aromatic heterocycles. The number of benzene rings is 3. The maximum absolute atomic E-state index is 13.5. The molecule has 3 atom stereocenters. The molecule has 1 unspecified atom stereocenters. The Morgan fingerprint density at radius 3 is 2.60 bits per heavy atom. The van der Waals surface area contributed by atoms with Gasteiger partial charge in [-0.1, -0.05) is 49.2 Å². The zero-order valence-electron chi connectivity index (χ0n) is 29.0. The molecule has 1 saturated carbocycles. The summed E-state index contributed by atoms with van der Waals surface area (Å²) in [5, 5.41) is 6.29. The van der Waals surface area contributed by atoms with Crippen LogP contribution in [0.5, 0.6) is 17.2 Å². The lowest BCUT2D eigenvalue weighted by Crippen LogP contribution is -2.53. The molecule has 1 aliphatic carbocycles. The van der Waals surface area contributed by atoms with E-state index in [9.17, 15) is 9.59 Å². The quantitative estimate of drug-likeness (QED) is 0.187. The van der Waals surface area contributed by atoms with Crippen molar-refractivity contribution in [1.29, 1.82) is 0 Å². The van der Waals surface area contributed by atoms with Crippen LogP contribution in [-0.4, -0.2) is 49.3 Å². The monoisotopic (exact) mass is 675 g/mol. The van der Waals surface area contributed by atoms with E-state index >= 15 is 0 Å². The van der Waals surface area contributed by atoms with E-state index in [1.807, 2.05) is 73.8 Å². The van der Waals surface area contributed by atoms with Crippen molar-refractivity contribution in [2.75, 3.05) is 20.3 Å². The second-order valence-electron chi connectivity index (χ2n) is 13.7. The van der Waals surface area contributed by atoms with E-state index in [4.69, 9.17) is 18.9 Å². The van der Waals surface area contributed by atoms with Crippen molar-refractivity contribution >= 4 is 11.9 Å². The number of methoxy groups -OCH3 is 1. The molecule has 0 saturated heterocycles. The number of carbonyl (C=O) groups excluding carboxylic acids is 2. The zero-order chi connectivity index (χ0) is 34.6. The number of amides is 1. The SMILES string of the molecule is COC(=O)C(Cc1ccc(-c2ccnc(C)c2C)cc1)NC(=O)[C@@H]1Cc2cc3c(cc2CN1)O[C@@H](c1cccc(OCC2CCCC2)c1)CO3. The van der Waals surface area contributed by atoms with Gasteiger partial charge in [0.15, 0.2) is 17.6 Å². The van der Waals surface area contributed by atoms with Crippen LogP contribution in [0.4, 0.5) is 0 Å². The first-order chi connectivity index (χ1) is 24.3. The number of pyridine rings is 1. The maximum Gasteiger partial charge on any atom is 0.328 e. The van der Waals surface area contributed by atoms with Gasteiger partial charge in [-0.2, -0.15) is 0 Å². The van der Waals surface area contributed by atoms with Crippen molar-refractivity contribution in [3.05, 3.63) is 106 Å². The summed E-state index contributed by atoms with van der Waals surface area (Å²) >= 11 is 0.